The Balaban J connectivity index is 2.33. The van der Waals surface area contributed by atoms with Crippen LogP contribution in [0.2, 0.25) is 0 Å². The molecule has 1 unspecified atom stereocenters. The zero-order valence-corrected chi connectivity index (χ0v) is 12.8. The van der Waals surface area contributed by atoms with E-state index in [1.165, 1.54) is 38.5 Å². The first-order valence-corrected chi connectivity index (χ1v) is 6.90. The van der Waals surface area contributed by atoms with E-state index in [2.05, 4.69) is 0 Å². The molecule has 2 aromatic rings. The van der Waals surface area contributed by atoms with E-state index in [1.54, 1.807) is 6.07 Å². The van der Waals surface area contributed by atoms with Gasteiger partial charge in [-0.3, -0.25) is 4.79 Å². The first-order chi connectivity index (χ1) is 11.0. The fourth-order valence-electron chi connectivity index (χ4n) is 2.30. The summed E-state index contributed by atoms with van der Waals surface area (Å²) in [6.45, 7) is 0. The van der Waals surface area contributed by atoms with Crippen LogP contribution >= 0.6 is 0 Å². The van der Waals surface area contributed by atoms with Gasteiger partial charge in [0, 0.05) is 17.5 Å². The Hall–Kier alpha value is -2.73. The van der Waals surface area contributed by atoms with Gasteiger partial charge in [0.05, 0.1) is 20.3 Å². The van der Waals surface area contributed by atoms with Gasteiger partial charge in [-0.15, -0.1) is 0 Å². The molecule has 0 heterocycles. The molecule has 0 aliphatic heterocycles. The third-order valence-electron chi connectivity index (χ3n) is 3.53. The molecule has 0 amide bonds. The molecule has 122 valence electrons. The lowest BCUT2D eigenvalue weighted by Gasteiger charge is -2.15. The number of aldehydes is 1. The van der Waals surface area contributed by atoms with E-state index in [4.69, 9.17) is 9.47 Å². The first-order valence-electron chi connectivity index (χ1n) is 6.90. The summed E-state index contributed by atoms with van der Waals surface area (Å²) in [5, 5.41) is 30.1. The molecule has 0 saturated heterocycles. The number of hydrogen-bond donors (Lipinski definition) is 3. The van der Waals surface area contributed by atoms with Gasteiger partial charge in [0.15, 0.2) is 23.0 Å². The highest BCUT2D eigenvalue weighted by Crippen LogP contribution is 2.35. The minimum absolute atomic E-state index is 0.0316. The summed E-state index contributed by atoms with van der Waals surface area (Å²) in [7, 11) is 2.80. The Labute approximate surface area is 133 Å². The Kier molecular flexibility index (Phi) is 5.08. The summed E-state index contributed by atoms with van der Waals surface area (Å²) in [6, 6.07) is 7.39. The fourth-order valence-corrected chi connectivity index (χ4v) is 2.30. The average Bonchev–Trinajstić information content (AvgIpc) is 2.56. The van der Waals surface area contributed by atoms with Crippen molar-refractivity contribution in [2.75, 3.05) is 14.2 Å². The fraction of sp³-hybridized carbons (Fsp3) is 0.235. The monoisotopic (exact) mass is 318 g/mol. The minimum Gasteiger partial charge on any atom is -0.504 e. The van der Waals surface area contributed by atoms with Gasteiger partial charge >= 0.3 is 0 Å². The molecule has 6 nitrogen and oxygen atoms in total. The van der Waals surface area contributed by atoms with Gasteiger partial charge in [0.25, 0.3) is 0 Å². The van der Waals surface area contributed by atoms with Crippen molar-refractivity contribution >= 4 is 6.29 Å². The van der Waals surface area contributed by atoms with Crippen LogP contribution in [0, 0.1) is 0 Å². The summed E-state index contributed by atoms with van der Waals surface area (Å²) < 4.78 is 10.0. The maximum Gasteiger partial charge on any atom is 0.161 e. The van der Waals surface area contributed by atoms with Crippen LogP contribution in [0.15, 0.2) is 30.3 Å². The molecule has 1 atom stereocenters. The molecule has 0 spiro atoms. The number of aromatic hydroxyl groups is 2. The number of benzene rings is 2. The van der Waals surface area contributed by atoms with E-state index < -0.39 is 6.10 Å². The summed E-state index contributed by atoms with van der Waals surface area (Å²) in [4.78, 5) is 11.0. The SMILES string of the molecule is COc1cc(C(O)Cc2cc(C=O)cc(OC)c2O)ccc1O. The molecule has 0 aliphatic carbocycles. The molecule has 0 radical (unpaired) electrons. The van der Waals surface area contributed by atoms with E-state index in [-0.39, 0.29) is 29.4 Å². The van der Waals surface area contributed by atoms with E-state index in [9.17, 15) is 20.1 Å². The quantitative estimate of drug-likeness (QED) is 0.707. The second-order valence-corrected chi connectivity index (χ2v) is 5.00. The minimum atomic E-state index is -0.956. The van der Waals surface area contributed by atoms with Gasteiger partial charge in [0.1, 0.15) is 6.29 Å². The standard InChI is InChI=1S/C17H18O6/c1-22-15-8-11(3-4-13(15)19)14(20)7-12-5-10(9-18)6-16(23-2)17(12)21/h3-6,8-9,14,19-21H,7H2,1-2H3. The molecule has 0 aliphatic rings. The predicted molar refractivity (Wildman–Crippen MR) is 83.4 cm³/mol. The smallest absolute Gasteiger partial charge is 0.161 e. The van der Waals surface area contributed by atoms with Crippen LogP contribution in [-0.4, -0.2) is 35.8 Å². The van der Waals surface area contributed by atoms with Crippen molar-refractivity contribution in [1.29, 1.82) is 0 Å². The van der Waals surface area contributed by atoms with Crippen molar-refractivity contribution in [1.82, 2.24) is 0 Å². The van der Waals surface area contributed by atoms with E-state index in [0.29, 0.717) is 23.0 Å². The first kappa shape index (κ1) is 16.6. The molecule has 6 heteroatoms. The van der Waals surface area contributed by atoms with E-state index >= 15 is 0 Å². The van der Waals surface area contributed by atoms with Crippen LogP contribution in [0.5, 0.6) is 23.0 Å². The lowest BCUT2D eigenvalue weighted by atomic mass is 9.98. The largest absolute Gasteiger partial charge is 0.504 e. The maximum atomic E-state index is 11.0. The Bertz CT molecular complexity index is 710. The van der Waals surface area contributed by atoms with Crippen LogP contribution in [0.4, 0.5) is 0 Å². The summed E-state index contributed by atoms with van der Waals surface area (Å²) >= 11 is 0. The lowest BCUT2D eigenvalue weighted by molar-refractivity contribution is 0.112. The number of phenolic OH excluding ortho intramolecular Hbond substituents is 2. The van der Waals surface area contributed by atoms with Crippen LogP contribution in [0.3, 0.4) is 0 Å². The van der Waals surface area contributed by atoms with Crippen molar-refractivity contribution in [2.45, 2.75) is 12.5 Å². The van der Waals surface area contributed by atoms with Crippen molar-refractivity contribution < 1.29 is 29.6 Å². The average molecular weight is 318 g/mol. The third-order valence-corrected chi connectivity index (χ3v) is 3.53. The van der Waals surface area contributed by atoms with E-state index in [0.717, 1.165) is 0 Å². The number of hydrogen-bond acceptors (Lipinski definition) is 6. The van der Waals surface area contributed by atoms with Crippen LogP contribution in [-0.2, 0) is 6.42 Å². The van der Waals surface area contributed by atoms with Crippen LogP contribution in [0.1, 0.15) is 27.6 Å². The normalized spacial score (nSPS) is 11.8. The van der Waals surface area contributed by atoms with Crippen LogP contribution < -0.4 is 9.47 Å². The third kappa shape index (κ3) is 3.54. The highest BCUT2D eigenvalue weighted by atomic mass is 16.5. The molecule has 2 aromatic carbocycles. The second kappa shape index (κ2) is 7.02. The number of aliphatic hydroxyl groups excluding tert-OH is 1. The zero-order valence-electron chi connectivity index (χ0n) is 12.8. The van der Waals surface area contributed by atoms with Gasteiger partial charge in [-0.1, -0.05) is 6.07 Å². The number of methoxy groups -OCH3 is 2. The Morgan fingerprint density at radius 3 is 2.39 bits per heavy atom. The van der Waals surface area contributed by atoms with Crippen molar-refractivity contribution in [3.8, 4) is 23.0 Å². The number of ether oxygens (including phenoxy) is 2. The number of carbonyl (C=O) groups excluding carboxylic acids is 1. The molecule has 0 bridgehead atoms. The highest BCUT2D eigenvalue weighted by Gasteiger charge is 2.17. The Morgan fingerprint density at radius 1 is 1.09 bits per heavy atom. The van der Waals surface area contributed by atoms with Gasteiger partial charge in [-0.05, 0) is 29.8 Å². The van der Waals surface area contributed by atoms with E-state index in [1.807, 2.05) is 0 Å². The Morgan fingerprint density at radius 2 is 1.78 bits per heavy atom. The number of aliphatic hydroxyl groups is 1. The molecule has 23 heavy (non-hydrogen) atoms. The summed E-state index contributed by atoms with van der Waals surface area (Å²) in [5.41, 5.74) is 1.23. The zero-order chi connectivity index (χ0) is 17.0. The molecule has 0 aromatic heterocycles. The number of rotatable bonds is 6. The van der Waals surface area contributed by atoms with Gasteiger partial charge < -0.3 is 24.8 Å². The predicted octanol–water partition coefficient (Wildman–Crippen LogP) is 2.20. The molecular weight excluding hydrogens is 300 g/mol. The molecule has 0 fully saturated rings. The van der Waals surface area contributed by atoms with Crippen molar-refractivity contribution in [3.63, 3.8) is 0 Å². The van der Waals surface area contributed by atoms with Gasteiger partial charge in [-0.25, -0.2) is 0 Å². The molecular formula is C17H18O6. The van der Waals surface area contributed by atoms with Gasteiger partial charge in [0.2, 0.25) is 0 Å². The second-order valence-electron chi connectivity index (χ2n) is 5.00. The topological polar surface area (TPSA) is 96.2 Å². The van der Waals surface area contributed by atoms with Crippen LogP contribution in [0.25, 0.3) is 0 Å². The lowest BCUT2D eigenvalue weighted by Crippen LogP contribution is -2.04. The molecule has 2 rings (SSSR count). The highest BCUT2D eigenvalue weighted by molar-refractivity contribution is 5.77. The summed E-state index contributed by atoms with van der Waals surface area (Å²) in [5.74, 6) is 0.254. The maximum absolute atomic E-state index is 11.0. The van der Waals surface area contributed by atoms with Crippen molar-refractivity contribution in [2.24, 2.45) is 0 Å². The molecule has 0 saturated carbocycles. The molecule has 3 N–H and O–H groups in total. The van der Waals surface area contributed by atoms with Crippen molar-refractivity contribution in [3.05, 3.63) is 47.0 Å². The summed E-state index contributed by atoms with van der Waals surface area (Å²) in [6.07, 6.45) is -0.249. The van der Waals surface area contributed by atoms with Gasteiger partial charge in [-0.2, -0.15) is 0 Å². The number of phenols is 2. The number of carbonyl (C=O) groups is 1.